The molecule has 0 aliphatic carbocycles. The number of rotatable bonds is 3. The Labute approximate surface area is 135 Å². The Morgan fingerprint density at radius 1 is 1.12 bits per heavy atom. The molecule has 1 aromatic carbocycles. The van der Waals surface area contributed by atoms with Crippen molar-refractivity contribution in [3.05, 3.63) is 35.9 Å². The fourth-order valence-electron chi connectivity index (χ4n) is 0.651. The molecule has 0 aliphatic heterocycles. The van der Waals surface area contributed by atoms with E-state index in [4.69, 9.17) is 5.11 Å². The second-order valence-corrected chi connectivity index (χ2v) is 4.06. The van der Waals surface area contributed by atoms with E-state index in [2.05, 4.69) is 4.31 Å². The van der Waals surface area contributed by atoms with Crippen molar-refractivity contribution < 1.29 is 28.3 Å². The first kappa shape index (κ1) is 19.4. The summed E-state index contributed by atoms with van der Waals surface area (Å²) in [5.41, 5.74) is 0.965. The van der Waals surface area contributed by atoms with E-state index in [1.54, 1.807) is 0 Å². The molecule has 0 heterocycles. The van der Waals surface area contributed by atoms with E-state index in [0.717, 1.165) is 5.56 Å². The molecule has 0 aromatic heterocycles. The second kappa shape index (κ2) is 12.5. The quantitative estimate of drug-likeness (QED) is 0.541. The van der Waals surface area contributed by atoms with E-state index in [1.807, 2.05) is 30.3 Å². The summed E-state index contributed by atoms with van der Waals surface area (Å²) in [6.07, 6.45) is 0. The SMILES string of the molecule is O=[PH]([O-])O[PH](=O)[O-].OCc1ccccc1.[Ba+2]. The van der Waals surface area contributed by atoms with E-state index in [0.29, 0.717) is 0 Å². The van der Waals surface area contributed by atoms with Gasteiger partial charge in [0.05, 0.1) is 6.61 Å². The molecule has 0 saturated heterocycles. The molecule has 1 aromatic rings. The third-order valence-corrected chi connectivity index (χ3v) is 2.53. The van der Waals surface area contributed by atoms with Gasteiger partial charge in [-0.2, -0.15) is 0 Å². The van der Waals surface area contributed by atoms with Crippen LogP contribution < -0.4 is 9.79 Å². The normalized spacial score (nSPS) is 12.7. The van der Waals surface area contributed by atoms with Gasteiger partial charge in [-0.25, -0.2) is 0 Å². The Morgan fingerprint density at radius 2 is 1.56 bits per heavy atom. The van der Waals surface area contributed by atoms with Crippen LogP contribution in [0.2, 0.25) is 0 Å². The van der Waals surface area contributed by atoms with Gasteiger partial charge < -0.3 is 24.0 Å². The van der Waals surface area contributed by atoms with Crippen LogP contribution in [0.25, 0.3) is 0 Å². The van der Waals surface area contributed by atoms with E-state index in [-0.39, 0.29) is 55.5 Å². The number of aliphatic hydroxyl groups is 1. The fourth-order valence-corrected chi connectivity index (χ4v) is 1.20. The van der Waals surface area contributed by atoms with Crippen molar-refractivity contribution in [3.8, 4) is 0 Å². The molecule has 0 fully saturated rings. The number of aliphatic hydroxyl groups excluding tert-OH is 1. The summed E-state index contributed by atoms with van der Waals surface area (Å²) >= 11 is 0. The fraction of sp³-hybridized carbons (Fsp3) is 0.143. The minimum Gasteiger partial charge on any atom is -0.781 e. The van der Waals surface area contributed by atoms with Crippen LogP contribution in [0.4, 0.5) is 0 Å². The topological polar surface area (TPSA) is 110 Å². The van der Waals surface area contributed by atoms with E-state index in [9.17, 15) is 18.9 Å². The van der Waals surface area contributed by atoms with E-state index >= 15 is 0 Å². The first-order valence-corrected chi connectivity index (χ1v) is 6.25. The summed E-state index contributed by atoms with van der Waals surface area (Å²) in [5, 5.41) is 8.54. The Morgan fingerprint density at radius 3 is 1.75 bits per heavy atom. The molecular formula is C7H10BaO6P2. The Hall–Kier alpha value is 1.09. The van der Waals surface area contributed by atoms with E-state index < -0.39 is 16.5 Å². The van der Waals surface area contributed by atoms with Crippen LogP contribution in [-0.2, 0) is 20.0 Å². The number of benzene rings is 1. The minimum absolute atomic E-state index is 0. The van der Waals surface area contributed by atoms with Crippen LogP contribution in [-0.4, -0.2) is 54.0 Å². The van der Waals surface area contributed by atoms with Gasteiger partial charge in [-0.1, -0.05) is 30.3 Å². The zero-order valence-corrected chi connectivity index (χ0v) is 14.7. The van der Waals surface area contributed by atoms with E-state index in [1.165, 1.54) is 0 Å². The molecular weight excluding hydrogens is 379 g/mol. The van der Waals surface area contributed by atoms with Crippen LogP contribution in [0.3, 0.4) is 0 Å². The third-order valence-electron chi connectivity index (χ3n) is 1.19. The van der Waals surface area contributed by atoms with Crippen LogP contribution in [0.5, 0.6) is 0 Å². The van der Waals surface area contributed by atoms with Gasteiger partial charge in [-0.05, 0) is 5.56 Å². The Kier molecular flexibility index (Phi) is 15.2. The molecule has 0 spiro atoms. The zero-order chi connectivity index (χ0) is 11.7. The summed E-state index contributed by atoms with van der Waals surface area (Å²) < 4.78 is 21.8. The maximum absolute atomic E-state index is 9.29. The smallest absolute Gasteiger partial charge is 0.781 e. The first-order chi connectivity index (χ1) is 7.06. The molecule has 1 rings (SSSR count). The number of hydrogen-bond acceptors (Lipinski definition) is 6. The predicted molar refractivity (Wildman–Crippen MR) is 57.2 cm³/mol. The first-order valence-electron chi connectivity index (χ1n) is 3.81. The Balaban J connectivity index is 0. The molecule has 2 unspecified atom stereocenters. The maximum Gasteiger partial charge on any atom is 2.00 e. The van der Waals surface area contributed by atoms with Crippen LogP contribution in [0, 0.1) is 0 Å². The van der Waals surface area contributed by atoms with Gasteiger partial charge >= 0.3 is 48.9 Å². The van der Waals surface area contributed by atoms with Gasteiger partial charge in [0, 0.05) is 0 Å². The van der Waals surface area contributed by atoms with Crippen molar-refractivity contribution in [2.45, 2.75) is 6.61 Å². The summed E-state index contributed by atoms with van der Waals surface area (Å²) in [4.78, 5) is 18.6. The molecule has 0 radical (unpaired) electrons. The monoisotopic (exact) mass is 390 g/mol. The molecule has 16 heavy (non-hydrogen) atoms. The molecule has 0 saturated carbocycles. The summed E-state index contributed by atoms with van der Waals surface area (Å²) in [6, 6.07) is 9.52. The van der Waals surface area contributed by atoms with Crippen molar-refractivity contribution in [1.29, 1.82) is 0 Å². The van der Waals surface area contributed by atoms with Gasteiger partial charge in [-0.15, -0.1) is 0 Å². The van der Waals surface area contributed by atoms with Crippen molar-refractivity contribution >= 4 is 65.4 Å². The van der Waals surface area contributed by atoms with Gasteiger partial charge in [-0.3, -0.25) is 4.31 Å². The Bertz CT molecular complexity index is 308. The van der Waals surface area contributed by atoms with Gasteiger partial charge in [0.1, 0.15) is 16.5 Å². The van der Waals surface area contributed by atoms with Crippen molar-refractivity contribution in [3.63, 3.8) is 0 Å². The predicted octanol–water partition coefficient (Wildman–Crippen LogP) is -0.699. The molecule has 2 atom stereocenters. The largest absolute Gasteiger partial charge is 2.00 e. The maximum atomic E-state index is 9.29. The zero-order valence-electron chi connectivity index (χ0n) is 8.29. The van der Waals surface area contributed by atoms with Crippen molar-refractivity contribution in [2.75, 3.05) is 0 Å². The second-order valence-electron chi connectivity index (χ2n) is 2.25. The van der Waals surface area contributed by atoms with Crippen LogP contribution >= 0.6 is 16.5 Å². The molecule has 0 bridgehead atoms. The van der Waals surface area contributed by atoms with Gasteiger partial charge in [0.15, 0.2) is 0 Å². The summed E-state index contributed by atoms with van der Waals surface area (Å²) in [6.45, 7) is 0.140. The molecule has 0 amide bonds. The summed E-state index contributed by atoms with van der Waals surface area (Å²) in [7, 11) is -7.03. The molecule has 6 nitrogen and oxygen atoms in total. The van der Waals surface area contributed by atoms with Crippen LogP contribution in [0.1, 0.15) is 5.56 Å². The van der Waals surface area contributed by atoms with Crippen molar-refractivity contribution in [1.82, 2.24) is 0 Å². The van der Waals surface area contributed by atoms with Crippen LogP contribution in [0.15, 0.2) is 30.3 Å². The molecule has 9 heteroatoms. The average molecular weight is 389 g/mol. The summed E-state index contributed by atoms with van der Waals surface area (Å²) in [5.74, 6) is 0. The third kappa shape index (κ3) is 13.2. The molecule has 1 N–H and O–H groups in total. The number of hydrogen-bond donors (Lipinski definition) is 1. The minimum atomic E-state index is -3.51. The van der Waals surface area contributed by atoms with Crippen molar-refractivity contribution in [2.24, 2.45) is 0 Å². The van der Waals surface area contributed by atoms with Gasteiger partial charge in [0.25, 0.3) is 0 Å². The molecule has 0 aliphatic rings. The molecule has 86 valence electrons. The average Bonchev–Trinajstić information content (AvgIpc) is 2.18. The standard InChI is InChI=1S/C7H8O.Ba.H4O5P2/c8-6-7-4-2-1-3-5-7;;1-6(2)5-7(3)4/h1-5,8H,6H2;;6-7H,(H,1,2)(H,3,4)/q;+2;/p-2. The van der Waals surface area contributed by atoms with Gasteiger partial charge in [0.2, 0.25) is 0 Å².